The van der Waals surface area contributed by atoms with Crippen molar-refractivity contribution in [3.05, 3.63) is 34.9 Å². The molecule has 2 N–H and O–H groups in total. The van der Waals surface area contributed by atoms with Gasteiger partial charge in [-0.25, -0.2) is 4.79 Å². The Kier molecular flexibility index (Phi) is 10.4. The van der Waals surface area contributed by atoms with E-state index in [4.69, 9.17) is 4.74 Å². The Balaban J connectivity index is 3.33. The summed E-state index contributed by atoms with van der Waals surface area (Å²) in [5.74, 6) is -0.918. The summed E-state index contributed by atoms with van der Waals surface area (Å²) in [7, 11) is 0. The minimum atomic E-state index is -1.02. The fourth-order valence-corrected chi connectivity index (χ4v) is 3.64. The van der Waals surface area contributed by atoms with Crippen molar-refractivity contribution in [2.45, 2.75) is 92.0 Å². The van der Waals surface area contributed by atoms with E-state index in [1.807, 2.05) is 52.0 Å². The maximum Gasteiger partial charge on any atom is 0.408 e. The van der Waals surface area contributed by atoms with Crippen LogP contribution in [-0.2, 0) is 14.3 Å². The molecule has 1 aromatic carbocycles. The highest BCUT2D eigenvalue weighted by Gasteiger charge is 2.35. The number of nitrogens with zero attached hydrogens (tertiary/aromatic N) is 2. The van der Waals surface area contributed by atoms with Gasteiger partial charge < -0.3 is 20.3 Å². The summed E-state index contributed by atoms with van der Waals surface area (Å²) in [6.45, 7) is 14.1. The third-order valence-corrected chi connectivity index (χ3v) is 4.86. The maximum atomic E-state index is 13.4. The number of alkyl carbamates (subject to hydrolysis) is 1. The second-order valence-electron chi connectivity index (χ2n) is 9.51. The molecule has 8 nitrogen and oxygen atoms in total. The minimum absolute atomic E-state index is 0.0905. The minimum Gasteiger partial charge on any atom is -0.444 e. The Hall–Kier alpha value is -3.08. The second-order valence-corrected chi connectivity index (χ2v) is 9.51. The fourth-order valence-electron chi connectivity index (χ4n) is 3.64. The average molecular weight is 459 g/mol. The average Bonchev–Trinajstić information content (AvgIpc) is 2.64. The molecule has 0 heterocycles. The Labute approximate surface area is 197 Å². The van der Waals surface area contributed by atoms with Gasteiger partial charge in [-0.3, -0.25) is 9.59 Å². The number of hydrogen-bond acceptors (Lipinski definition) is 5. The van der Waals surface area contributed by atoms with Gasteiger partial charge >= 0.3 is 6.09 Å². The summed E-state index contributed by atoms with van der Waals surface area (Å²) >= 11 is 0. The van der Waals surface area contributed by atoms with E-state index in [0.717, 1.165) is 24.0 Å². The first kappa shape index (κ1) is 28.0. The molecule has 0 aliphatic carbocycles. The van der Waals surface area contributed by atoms with E-state index in [1.165, 1.54) is 11.8 Å². The van der Waals surface area contributed by atoms with E-state index in [1.54, 1.807) is 20.8 Å². The van der Waals surface area contributed by atoms with Gasteiger partial charge in [-0.05, 0) is 60.5 Å². The predicted molar refractivity (Wildman–Crippen MR) is 127 cm³/mol. The fraction of sp³-hybridized carbons (Fsp3) is 0.600. The molecule has 0 radical (unpaired) electrons. The van der Waals surface area contributed by atoms with Crippen molar-refractivity contribution in [1.82, 2.24) is 15.5 Å². The number of carbonyl (C=O) groups is 3. The van der Waals surface area contributed by atoms with Crippen LogP contribution in [0.25, 0.3) is 0 Å². The molecular weight excluding hydrogens is 420 g/mol. The van der Waals surface area contributed by atoms with Gasteiger partial charge in [0.1, 0.15) is 24.2 Å². The molecule has 0 saturated heterocycles. The van der Waals surface area contributed by atoms with Crippen LogP contribution in [0, 0.1) is 25.2 Å². The largest absolute Gasteiger partial charge is 0.444 e. The van der Waals surface area contributed by atoms with Crippen LogP contribution in [0.4, 0.5) is 4.79 Å². The zero-order chi connectivity index (χ0) is 25.3. The summed E-state index contributed by atoms with van der Waals surface area (Å²) in [4.78, 5) is 40.1. The van der Waals surface area contributed by atoms with Crippen LogP contribution in [0.15, 0.2) is 18.2 Å². The van der Waals surface area contributed by atoms with Gasteiger partial charge in [0.15, 0.2) is 0 Å². The molecule has 0 aliphatic heterocycles. The lowest BCUT2D eigenvalue weighted by Gasteiger charge is -2.33. The second kappa shape index (κ2) is 12.2. The van der Waals surface area contributed by atoms with Crippen molar-refractivity contribution >= 4 is 17.9 Å². The molecule has 3 atom stereocenters. The summed E-state index contributed by atoms with van der Waals surface area (Å²) in [5.41, 5.74) is 1.76. The van der Waals surface area contributed by atoms with Crippen molar-refractivity contribution in [2.24, 2.45) is 0 Å². The van der Waals surface area contributed by atoms with Crippen molar-refractivity contribution in [2.75, 3.05) is 6.54 Å². The van der Waals surface area contributed by atoms with Gasteiger partial charge in [0.2, 0.25) is 11.8 Å². The van der Waals surface area contributed by atoms with E-state index in [-0.39, 0.29) is 18.5 Å². The third-order valence-electron chi connectivity index (χ3n) is 4.86. The molecule has 0 aliphatic rings. The van der Waals surface area contributed by atoms with E-state index >= 15 is 0 Å². The van der Waals surface area contributed by atoms with Gasteiger partial charge in [-0.1, -0.05) is 42.7 Å². The Bertz CT molecular complexity index is 865. The number of rotatable bonds is 9. The highest BCUT2D eigenvalue weighted by Crippen LogP contribution is 2.25. The quantitative estimate of drug-likeness (QED) is 0.545. The highest BCUT2D eigenvalue weighted by molar-refractivity contribution is 5.92. The zero-order valence-electron chi connectivity index (χ0n) is 21.1. The first-order valence-corrected chi connectivity index (χ1v) is 11.3. The van der Waals surface area contributed by atoms with Crippen molar-refractivity contribution in [1.29, 1.82) is 5.26 Å². The van der Waals surface area contributed by atoms with Crippen molar-refractivity contribution in [3.63, 3.8) is 0 Å². The predicted octanol–water partition coefficient (Wildman–Crippen LogP) is 3.91. The number of nitriles is 1. The van der Waals surface area contributed by atoms with Gasteiger partial charge in [-0.15, -0.1) is 0 Å². The van der Waals surface area contributed by atoms with E-state index in [2.05, 4.69) is 10.6 Å². The molecule has 33 heavy (non-hydrogen) atoms. The molecule has 8 heteroatoms. The lowest BCUT2D eigenvalue weighted by Crippen LogP contribution is -2.52. The Morgan fingerprint density at radius 2 is 1.67 bits per heavy atom. The molecule has 0 bridgehead atoms. The molecule has 0 aromatic heterocycles. The monoisotopic (exact) mass is 458 g/mol. The normalized spacial score (nSPS) is 13.8. The van der Waals surface area contributed by atoms with E-state index in [9.17, 15) is 19.6 Å². The molecule has 182 valence electrons. The molecule has 0 spiro atoms. The summed E-state index contributed by atoms with van der Waals surface area (Å²) in [6, 6.07) is 5.54. The van der Waals surface area contributed by atoms with Crippen LogP contribution in [-0.4, -0.2) is 47.0 Å². The number of hydrogen-bond donors (Lipinski definition) is 2. The summed E-state index contributed by atoms with van der Waals surface area (Å²) in [6.07, 6.45) is 0.936. The number of ether oxygens (including phenoxy) is 1. The molecular formula is C25H38N4O4. The number of nitrogens with one attached hydrogen (secondary N) is 2. The van der Waals surface area contributed by atoms with Crippen molar-refractivity contribution in [3.8, 4) is 6.07 Å². The van der Waals surface area contributed by atoms with E-state index in [0.29, 0.717) is 5.56 Å². The van der Waals surface area contributed by atoms with Crippen LogP contribution in [0.3, 0.4) is 0 Å². The van der Waals surface area contributed by atoms with Gasteiger partial charge in [0.25, 0.3) is 0 Å². The summed E-state index contributed by atoms with van der Waals surface area (Å²) in [5, 5.41) is 14.9. The van der Waals surface area contributed by atoms with Crippen molar-refractivity contribution < 1.29 is 19.1 Å². The SMILES string of the molecule is CCCC(C)NC(=O)C(c1cc(C)cc(C)c1)N(CC#N)C(=O)C(C)NC(=O)OC(C)(C)C. The number of aryl methyl sites for hydroxylation is 2. The third kappa shape index (κ3) is 9.13. The van der Waals surface area contributed by atoms with Crippen LogP contribution in [0.1, 0.15) is 77.1 Å². The van der Waals surface area contributed by atoms with Gasteiger partial charge in [-0.2, -0.15) is 5.26 Å². The molecule has 3 amide bonds. The highest BCUT2D eigenvalue weighted by atomic mass is 16.6. The van der Waals surface area contributed by atoms with Crippen LogP contribution in [0.2, 0.25) is 0 Å². The topological polar surface area (TPSA) is 112 Å². The standard InChI is InChI=1S/C25H38N4O4/c1-9-10-18(4)27-22(30)21(20-14-16(2)13-17(3)15-20)29(12-11-26)23(31)19(5)28-24(32)33-25(6,7)8/h13-15,18-19,21H,9-10,12H2,1-8H3,(H,27,30)(H,28,32). The lowest BCUT2D eigenvalue weighted by atomic mass is 9.98. The molecule has 3 unspecified atom stereocenters. The first-order chi connectivity index (χ1) is 15.3. The molecule has 0 saturated carbocycles. The Morgan fingerprint density at radius 3 is 2.15 bits per heavy atom. The number of amides is 3. The number of carbonyl (C=O) groups excluding carboxylic acids is 3. The Morgan fingerprint density at radius 1 is 1.09 bits per heavy atom. The molecule has 1 aromatic rings. The van der Waals surface area contributed by atoms with Crippen LogP contribution < -0.4 is 10.6 Å². The molecule has 0 fully saturated rings. The van der Waals surface area contributed by atoms with Gasteiger partial charge in [0, 0.05) is 6.04 Å². The first-order valence-electron chi connectivity index (χ1n) is 11.3. The smallest absolute Gasteiger partial charge is 0.408 e. The summed E-state index contributed by atoms with van der Waals surface area (Å²) < 4.78 is 5.24. The maximum absolute atomic E-state index is 13.4. The lowest BCUT2D eigenvalue weighted by molar-refractivity contribution is -0.141. The zero-order valence-corrected chi connectivity index (χ0v) is 21.1. The molecule has 1 rings (SSSR count). The number of benzene rings is 1. The van der Waals surface area contributed by atoms with Crippen LogP contribution >= 0.6 is 0 Å². The van der Waals surface area contributed by atoms with E-state index < -0.39 is 29.7 Å². The van der Waals surface area contributed by atoms with Gasteiger partial charge in [0.05, 0.1) is 6.07 Å². The van der Waals surface area contributed by atoms with Crippen LogP contribution in [0.5, 0.6) is 0 Å².